The molecule has 7 heteroatoms. The van der Waals surface area contributed by atoms with Crippen molar-refractivity contribution in [2.75, 3.05) is 0 Å². The Balaban J connectivity index is 3.17. The smallest absolute Gasteiger partial charge is 0.341 e. The minimum atomic E-state index is -2.43. The van der Waals surface area contributed by atoms with E-state index in [2.05, 4.69) is 0 Å². The zero-order valence-electron chi connectivity index (χ0n) is 10.6. The SMILES string of the molecule is CC(=O)NC(Cc1ccc(C#N)cc1)(C(=O)O)C(=O)O. The summed E-state index contributed by atoms with van der Waals surface area (Å²) in [7, 11) is 0. The molecule has 1 rings (SSSR count). The first-order valence-corrected chi connectivity index (χ1v) is 5.56. The van der Waals surface area contributed by atoms with Crippen molar-refractivity contribution in [2.45, 2.75) is 18.9 Å². The van der Waals surface area contributed by atoms with Gasteiger partial charge in [0.05, 0.1) is 11.6 Å². The third kappa shape index (κ3) is 3.11. The second-order valence-corrected chi connectivity index (χ2v) is 4.18. The number of benzene rings is 1. The Morgan fingerprint density at radius 2 is 1.70 bits per heavy atom. The molecule has 20 heavy (non-hydrogen) atoms. The summed E-state index contributed by atoms with van der Waals surface area (Å²) in [5.74, 6) is -4.09. The number of hydrogen-bond acceptors (Lipinski definition) is 4. The average molecular weight is 276 g/mol. The summed E-state index contributed by atoms with van der Waals surface area (Å²) in [5.41, 5.74) is -1.69. The van der Waals surface area contributed by atoms with E-state index in [1.54, 1.807) is 0 Å². The Hall–Kier alpha value is -2.88. The Labute approximate surface area is 114 Å². The molecule has 0 aliphatic rings. The molecule has 0 saturated carbocycles. The van der Waals surface area contributed by atoms with Crippen molar-refractivity contribution in [3.63, 3.8) is 0 Å². The first kappa shape index (κ1) is 15.2. The maximum absolute atomic E-state index is 11.3. The molecule has 7 nitrogen and oxygen atoms in total. The lowest BCUT2D eigenvalue weighted by molar-refractivity contribution is -0.161. The maximum atomic E-state index is 11.3. The number of hydrogen-bond donors (Lipinski definition) is 3. The molecule has 0 aliphatic heterocycles. The van der Waals surface area contributed by atoms with Gasteiger partial charge in [0.15, 0.2) is 0 Å². The van der Waals surface area contributed by atoms with Crippen LogP contribution in [0.1, 0.15) is 18.1 Å². The van der Waals surface area contributed by atoms with Crippen LogP contribution in [0.15, 0.2) is 24.3 Å². The Bertz CT molecular complexity index is 572. The summed E-state index contributed by atoms with van der Waals surface area (Å²) >= 11 is 0. The average Bonchev–Trinajstić information content (AvgIpc) is 2.37. The fourth-order valence-electron chi connectivity index (χ4n) is 1.70. The minimum absolute atomic E-state index is 0.365. The van der Waals surface area contributed by atoms with Gasteiger partial charge in [-0.15, -0.1) is 0 Å². The summed E-state index contributed by atoms with van der Waals surface area (Å²) in [4.78, 5) is 33.6. The van der Waals surface area contributed by atoms with Gasteiger partial charge in [-0.2, -0.15) is 5.26 Å². The number of nitrogens with one attached hydrogen (secondary N) is 1. The molecule has 0 atom stereocenters. The molecule has 0 heterocycles. The topological polar surface area (TPSA) is 127 Å². The number of nitrogens with zero attached hydrogens (tertiary/aromatic N) is 1. The normalized spacial score (nSPS) is 10.4. The maximum Gasteiger partial charge on any atom is 0.341 e. The van der Waals surface area contributed by atoms with Crippen molar-refractivity contribution in [1.29, 1.82) is 5.26 Å². The molecule has 0 spiro atoms. The highest BCUT2D eigenvalue weighted by Crippen LogP contribution is 2.16. The molecule has 0 saturated heterocycles. The number of carbonyl (C=O) groups is 3. The third-order valence-corrected chi connectivity index (χ3v) is 2.67. The number of amides is 1. The van der Waals surface area contributed by atoms with Gasteiger partial charge in [-0.1, -0.05) is 12.1 Å². The summed E-state index contributed by atoms with van der Waals surface area (Å²) < 4.78 is 0. The van der Waals surface area contributed by atoms with E-state index in [0.29, 0.717) is 11.1 Å². The van der Waals surface area contributed by atoms with Crippen LogP contribution in [0, 0.1) is 11.3 Å². The molecule has 0 fully saturated rings. The van der Waals surface area contributed by atoms with Crippen LogP contribution < -0.4 is 5.32 Å². The van der Waals surface area contributed by atoms with Crippen molar-refractivity contribution < 1.29 is 24.6 Å². The largest absolute Gasteiger partial charge is 0.479 e. The first-order valence-electron chi connectivity index (χ1n) is 5.56. The van der Waals surface area contributed by atoms with E-state index in [4.69, 9.17) is 15.5 Å². The second kappa shape index (κ2) is 5.84. The molecule has 0 aliphatic carbocycles. The molecule has 0 aromatic heterocycles. The second-order valence-electron chi connectivity index (χ2n) is 4.18. The van der Waals surface area contributed by atoms with Gasteiger partial charge < -0.3 is 15.5 Å². The van der Waals surface area contributed by atoms with Gasteiger partial charge in [-0.25, -0.2) is 9.59 Å². The van der Waals surface area contributed by atoms with Gasteiger partial charge in [0.25, 0.3) is 0 Å². The molecule has 104 valence electrons. The van der Waals surface area contributed by atoms with Gasteiger partial charge in [-0.3, -0.25) is 4.79 Å². The fourth-order valence-corrected chi connectivity index (χ4v) is 1.70. The number of carbonyl (C=O) groups excluding carboxylic acids is 1. The summed E-state index contributed by atoms with van der Waals surface area (Å²) in [6.07, 6.45) is -0.428. The summed E-state index contributed by atoms with van der Waals surface area (Å²) in [6, 6.07) is 7.67. The Morgan fingerprint density at radius 3 is 2.05 bits per heavy atom. The van der Waals surface area contributed by atoms with Crippen molar-refractivity contribution in [3.05, 3.63) is 35.4 Å². The minimum Gasteiger partial charge on any atom is -0.479 e. The van der Waals surface area contributed by atoms with Crippen LogP contribution in [0.4, 0.5) is 0 Å². The Kier molecular flexibility index (Phi) is 4.43. The van der Waals surface area contributed by atoms with Crippen LogP contribution in [-0.4, -0.2) is 33.6 Å². The van der Waals surface area contributed by atoms with Gasteiger partial charge in [-0.05, 0) is 17.7 Å². The van der Waals surface area contributed by atoms with Gasteiger partial charge in [0, 0.05) is 13.3 Å². The van der Waals surface area contributed by atoms with E-state index in [1.165, 1.54) is 24.3 Å². The molecule has 1 aromatic rings. The Morgan fingerprint density at radius 1 is 1.20 bits per heavy atom. The summed E-state index contributed by atoms with van der Waals surface area (Å²) in [5, 5.41) is 28.9. The highest BCUT2D eigenvalue weighted by molar-refractivity contribution is 6.06. The van der Waals surface area contributed by atoms with E-state index < -0.39 is 29.8 Å². The molecule has 0 unspecified atom stereocenters. The zero-order valence-corrected chi connectivity index (χ0v) is 10.6. The van der Waals surface area contributed by atoms with E-state index >= 15 is 0 Å². The molecule has 1 amide bonds. The molecule has 3 N–H and O–H groups in total. The molecule has 1 aromatic carbocycles. The first-order chi connectivity index (χ1) is 9.31. The van der Waals surface area contributed by atoms with E-state index in [1.807, 2.05) is 11.4 Å². The predicted molar refractivity (Wildman–Crippen MR) is 66.7 cm³/mol. The quantitative estimate of drug-likeness (QED) is 0.656. The lowest BCUT2D eigenvalue weighted by Crippen LogP contribution is -2.61. The summed E-state index contributed by atoms with van der Waals surface area (Å²) in [6.45, 7) is 1.04. The van der Waals surface area contributed by atoms with Crippen LogP contribution in [0.5, 0.6) is 0 Å². The van der Waals surface area contributed by atoms with Crippen molar-refractivity contribution in [3.8, 4) is 6.07 Å². The number of nitriles is 1. The van der Waals surface area contributed by atoms with E-state index in [-0.39, 0.29) is 0 Å². The predicted octanol–water partition coefficient (Wildman–Crippen LogP) is 0.145. The lowest BCUT2D eigenvalue weighted by Gasteiger charge is -2.25. The van der Waals surface area contributed by atoms with Crippen LogP contribution in [0.25, 0.3) is 0 Å². The fraction of sp³-hybridized carbons (Fsp3) is 0.231. The number of aliphatic carboxylic acids is 2. The number of carboxylic acid groups (broad SMARTS) is 2. The van der Waals surface area contributed by atoms with Crippen molar-refractivity contribution >= 4 is 17.8 Å². The van der Waals surface area contributed by atoms with Crippen LogP contribution in [-0.2, 0) is 20.8 Å². The molecular formula is C13H12N2O5. The number of carboxylic acids is 2. The molecule has 0 bridgehead atoms. The van der Waals surface area contributed by atoms with E-state index in [0.717, 1.165) is 6.92 Å². The van der Waals surface area contributed by atoms with Gasteiger partial charge >= 0.3 is 11.9 Å². The van der Waals surface area contributed by atoms with Crippen LogP contribution in [0.2, 0.25) is 0 Å². The zero-order chi connectivity index (χ0) is 15.3. The number of rotatable bonds is 5. The highest BCUT2D eigenvalue weighted by atomic mass is 16.4. The van der Waals surface area contributed by atoms with E-state index in [9.17, 15) is 14.4 Å². The van der Waals surface area contributed by atoms with Crippen LogP contribution >= 0.6 is 0 Å². The monoisotopic (exact) mass is 276 g/mol. The van der Waals surface area contributed by atoms with Crippen LogP contribution in [0.3, 0.4) is 0 Å². The standard InChI is InChI=1S/C13H12N2O5/c1-8(16)15-13(11(17)18,12(19)20)6-9-2-4-10(7-14)5-3-9/h2-5H,6H2,1H3,(H,15,16)(H,17,18)(H,19,20). The molecular weight excluding hydrogens is 264 g/mol. The van der Waals surface area contributed by atoms with Crippen molar-refractivity contribution in [1.82, 2.24) is 5.32 Å². The highest BCUT2D eigenvalue weighted by Gasteiger charge is 2.47. The van der Waals surface area contributed by atoms with Gasteiger partial charge in [0.2, 0.25) is 11.4 Å². The molecule has 0 radical (unpaired) electrons. The lowest BCUT2D eigenvalue weighted by atomic mass is 9.90. The van der Waals surface area contributed by atoms with Crippen molar-refractivity contribution in [2.24, 2.45) is 0 Å². The van der Waals surface area contributed by atoms with Gasteiger partial charge in [0.1, 0.15) is 0 Å². The third-order valence-electron chi connectivity index (χ3n) is 2.67.